The predicted octanol–water partition coefficient (Wildman–Crippen LogP) is 1.46. The first-order valence-corrected chi connectivity index (χ1v) is 7.29. The summed E-state index contributed by atoms with van der Waals surface area (Å²) >= 11 is 0. The van der Waals surface area contributed by atoms with Crippen molar-refractivity contribution in [1.82, 2.24) is 19.9 Å². The van der Waals surface area contributed by atoms with E-state index < -0.39 is 10.0 Å². The van der Waals surface area contributed by atoms with Gasteiger partial charge in [0.2, 0.25) is 0 Å². The van der Waals surface area contributed by atoms with Crippen molar-refractivity contribution in [3.05, 3.63) is 42.5 Å². The number of nitrogens with one attached hydrogen (secondary N) is 2. The van der Waals surface area contributed by atoms with E-state index in [0.29, 0.717) is 16.7 Å². The number of aromatic amines is 1. The average Bonchev–Trinajstić information content (AvgIpc) is 2.88. The van der Waals surface area contributed by atoms with Crippen molar-refractivity contribution in [3.63, 3.8) is 0 Å². The molecular weight excluding hydrogens is 278 g/mol. The van der Waals surface area contributed by atoms with E-state index in [1.807, 2.05) is 0 Å². The van der Waals surface area contributed by atoms with Gasteiger partial charge in [-0.3, -0.25) is 4.72 Å². The van der Waals surface area contributed by atoms with Gasteiger partial charge in [0, 0.05) is 0 Å². The van der Waals surface area contributed by atoms with Crippen molar-refractivity contribution in [2.75, 3.05) is 4.72 Å². The zero-order chi connectivity index (χ0) is 14.2. The molecule has 0 unspecified atom stereocenters. The lowest BCUT2D eigenvalue weighted by molar-refractivity contribution is 0.600. The lowest BCUT2D eigenvalue weighted by atomic mass is 10.2. The molecule has 2 aromatic heterocycles. The molecule has 0 aliphatic rings. The summed E-state index contributed by atoms with van der Waals surface area (Å²) in [5.74, 6) is 0.177. The van der Waals surface area contributed by atoms with Crippen LogP contribution < -0.4 is 4.72 Å². The number of rotatable bonds is 3. The molecule has 0 atom stereocenters. The molecule has 0 fully saturated rings. The van der Waals surface area contributed by atoms with Gasteiger partial charge in [-0.05, 0) is 18.6 Å². The lowest BCUT2D eigenvalue weighted by Gasteiger charge is -2.09. The molecular formula is C12H11N5O2S. The minimum atomic E-state index is -3.70. The quantitative estimate of drug-likeness (QED) is 0.760. The number of sulfonamides is 1. The molecule has 0 aliphatic carbocycles. The van der Waals surface area contributed by atoms with Gasteiger partial charge >= 0.3 is 0 Å². The summed E-state index contributed by atoms with van der Waals surface area (Å²) in [5.41, 5.74) is 1.52. The van der Waals surface area contributed by atoms with Crippen LogP contribution in [0.1, 0.15) is 5.56 Å². The molecule has 0 saturated heterocycles. The van der Waals surface area contributed by atoms with E-state index in [9.17, 15) is 8.42 Å². The fourth-order valence-electron chi connectivity index (χ4n) is 1.88. The topological polar surface area (TPSA) is 101 Å². The van der Waals surface area contributed by atoms with Gasteiger partial charge in [-0.25, -0.2) is 23.4 Å². The number of aromatic nitrogens is 4. The van der Waals surface area contributed by atoms with Crippen LogP contribution in [-0.4, -0.2) is 28.4 Å². The van der Waals surface area contributed by atoms with E-state index in [0.717, 1.165) is 0 Å². The number of aryl methyl sites for hydroxylation is 1. The normalized spacial score (nSPS) is 11.7. The molecule has 0 radical (unpaired) electrons. The molecule has 7 nitrogen and oxygen atoms in total. The Morgan fingerprint density at radius 2 is 1.95 bits per heavy atom. The first kappa shape index (κ1) is 12.5. The van der Waals surface area contributed by atoms with Gasteiger partial charge in [-0.15, -0.1) is 0 Å². The van der Waals surface area contributed by atoms with Crippen LogP contribution in [0.4, 0.5) is 5.82 Å². The molecule has 3 aromatic rings. The second-order valence-electron chi connectivity index (χ2n) is 4.19. The first-order chi connectivity index (χ1) is 9.58. The van der Waals surface area contributed by atoms with E-state index in [4.69, 9.17) is 0 Å². The monoisotopic (exact) mass is 289 g/mol. The maximum atomic E-state index is 12.4. The van der Waals surface area contributed by atoms with Gasteiger partial charge in [-0.1, -0.05) is 18.2 Å². The summed E-state index contributed by atoms with van der Waals surface area (Å²) in [7, 11) is -3.70. The van der Waals surface area contributed by atoms with Crippen LogP contribution in [0.2, 0.25) is 0 Å². The summed E-state index contributed by atoms with van der Waals surface area (Å²) in [4.78, 5) is 14.9. The Kier molecular flexibility index (Phi) is 2.87. The summed E-state index contributed by atoms with van der Waals surface area (Å²) < 4.78 is 27.2. The van der Waals surface area contributed by atoms with Crippen molar-refractivity contribution < 1.29 is 8.42 Å². The minimum absolute atomic E-state index is 0.177. The van der Waals surface area contributed by atoms with Crippen molar-refractivity contribution in [3.8, 4) is 0 Å². The number of fused-ring (bicyclic) bond motifs is 1. The Morgan fingerprint density at radius 1 is 1.15 bits per heavy atom. The fraction of sp³-hybridized carbons (Fsp3) is 0.0833. The summed E-state index contributed by atoms with van der Waals surface area (Å²) in [6, 6.07) is 6.74. The van der Waals surface area contributed by atoms with E-state index in [1.165, 1.54) is 12.7 Å². The third-order valence-electron chi connectivity index (χ3n) is 2.84. The van der Waals surface area contributed by atoms with Crippen LogP contribution in [0.15, 0.2) is 41.8 Å². The summed E-state index contributed by atoms with van der Waals surface area (Å²) in [5, 5.41) is 0. The van der Waals surface area contributed by atoms with E-state index >= 15 is 0 Å². The van der Waals surface area contributed by atoms with E-state index in [2.05, 4.69) is 24.7 Å². The fourth-order valence-corrected chi connectivity index (χ4v) is 3.15. The molecule has 8 heteroatoms. The third kappa shape index (κ3) is 2.10. The summed E-state index contributed by atoms with van der Waals surface area (Å²) in [6.07, 6.45) is 2.70. The summed E-state index contributed by atoms with van der Waals surface area (Å²) in [6.45, 7) is 1.74. The second-order valence-corrected chi connectivity index (χ2v) is 5.85. The van der Waals surface area contributed by atoms with Crippen LogP contribution in [0.5, 0.6) is 0 Å². The number of benzene rings is 1. The highest BCUT2D eigenvalue weighted by atomic mass is 32.2. The van der Waals surface area contributed by atoms with Crippen LogP contribution >= 0.6 is 0 Å². The van der Waals surface area contributed by atoms with Crippen molar-refractivity contribution in [2.24, 2.45) is 0 Å². The Bertz CT molecular complexity index is 872. The number of anilines is 1. The van der Waals surface area contributed by atoms with Gasteiger partial charge in [0.1, 0.15) is 11.8 Å². The maximum Gasteiger partial charge on any atom is 0.263 e. The number of nitrogens with zero attached hydrogens (tertiary/aromatic N) is 3. The average molecular weight is 289 g/mol. The zero-order valence-corrected chi connectivity index (χ0v) is 11.3. The predicted molar refractivity (Wildman–Crippen MR) is 73.7 cm³/mol. The smallest absolute Gasteiger partial charge is 0.263 e. The van der Waals surface area contributed by atoms with Crippen LogP contribution in [-0.2, 0) is 10.0 Å². The number of H-pyrrole nitrogens is 1. The molecule has 20 heavy (non-hydrogen) atoms. The van der Waals surface area contributed by atoms with E-state index in [1.54, 1.807) is 31.2 Å². The molecule has 2 heterocycles. The second kappa shape index (κ2) is 4.57. The molecule has 0 aliphatic heterocycles. The van der Waals surface area contributed by atoms with Crippen molar-refractivity contribution >= 4 is 27.0 Å². The molecule has 3 rings (SSSR count). The van der Waals surface area contributed by atoms with E-state index in [-0.39, 0.29) is 10.7 Å². The highest BCUT2D eigenvalue weighted by Gasteiger charge is 2.19. The SMILES string of the molecule is Cc1ccccc1S(=O)(=O)Nc1ncnc2nc[nH]c12. The standard InChI is InChI=1S/C12H11N5O2S/c1-8-4-2-3-5-9(8)20(18,19)17-12-10-11(14-6-13-10)15-7-16-12/h2-7H,1H3,(H2,13,14,15,16,17). The van der Waals surface area contributed by atoms with Crippen LogP contribution in [0, 0.1) is 6.92 Å². The van der Waals surface area contributed by atoms with Gasteiger partial charge in [0.25, 0.3) is 10.0 Å². The number of imidazole rings is 1. The molecule has 1 aromatic carbocycles. The number of hydrogen-bond acceptors (Lipinski definition) is 5. The minimum Gasteiger partial charge on any atom is -0.340 e. The molecule has 0 bridgehead atoms. The lowest BCUT2D eigenvalue weighted by Crippen LogP contribution is -2.15. The molecule has 102 valence electrons. The Labute approximate surface area is 115 Å². The largest absolute Gasteiger partial charge is 0.340 e. The van der Waals surface area contributed by atoms with Crippen molar-refractivity contribution in [1.29, 1.82) is 0 Å². The van der Waals surface area contributed by atoms with Gasteiger partial charge in [-0.2, -0.15) is 0 Å². The molecule has 0 saturated carbocycles. The van der Waals surface area contributed by atoms with Gasteiger partial charge in [0.15, 0.2) is 11.5 Å². The maximum absolute atomic E-state index is 12.4. The highest BCUT2D eigenvalue weighted by Crippen LogP contribution is 2.21. The van der Waals surface area contributed by atoms with Crippen molar-refractivity contribution in [2.45, 2.75) is 11.8 Å². The van der Waals surface area contributed by atoms with Gasteiger partial charge < -0.3 is 4.98 Å². The molecule has 0 amide bonds. The molecule has 0 spiro atoms. The first-order valence-electron chi connectivity index (χ1n) is 5.80. The Morgan fingerprint density at radius 3 is 2.75 bits per heavy atom. The molecule has 2 N–H and O–H groups in total. The third-order valence-corrected chi connectivity index (χ3v) is 4.34. The van der Waals surface area contributed by atoms with Gasteiger partial charge in [0.05, 0.1) is 11.2 Å². The number of hydrogen-bond donors (Lipinski definition) is 2. The Hall–Kier alpha value is -2.48. The zero-order valence-electron chi connectivity index (χ0n) is 10.5. The highest BCUT2D eigenvalue weighted by molar-refractivity contribution is 7.92. The van der Waals surface area contributed by atoms with Crippen LogP contribution in [0.25, 0.3) is 11.2 Å². The Balaban J connectivity index is 2.06. The van der Waals surface area contributed by atoms with Crippen LogP contribution in [0.3, 0.4) is 0 Å².